The number of benzene rings is 7. The van der Waals surface area contributed by atoms with Crippen LogP contribution in [0.25, 0.3) is 22.3 Å². The first-order chi connectivity index (χ1) is 27.3. The summed E-state index contributed by atoms with van der Waals surface area (Å²) in [6, 6.07) is 62.6. The second kappa shape index (κ2) is 13.1. The van der Waals surface area contributed by atoms with Gasteiger partial charge in [-0.1, -0.05) is 160 Å². The topological polar surface area (TPSA) is 12.5 Å². The number of fused-ring (bicyclic) bond motifs is 4. The lowest BCUT2D eigenvalue weighted by Gasteiger charge is -2.44. The van der Waals surface area contributed by atoms with Crippen molar-refractivity contribution in [2.75, 3.05) is 4.90 Å². The van der Waals surface area contributed by atoms with Crippen molar-refractivity contribution in [3.8, 4) is 28.0 Å². The lowest BCUT2D eigenvalue weighted by atomic mass is 9.62. The highest BCUT2D eigenvalue weighted by molar-refractivity contribution is 5.87. The highest BCUT2D eigenvalue weighted by atomic mass is 16.5. The molecule has 7 aromatic rings. The fourth-order valence-electron chi connectivity index (χ4n) is 9.62. The largest absolute Gasteiger partial charge is 0.461 e. The van der Waals surface area contributed by atoms with Crippen LogP contribution >= 0.6 is 0 Å². The number of anilines is 3. The van der Waals surface area contributed by atoms with E-state index in [1.165, 1.54) is 61.2 Å². The van der Waals surface area contributed by atoms with Crippen LogP contribution in [0, 0.1) is 12.8 Å². The van der Waals surface area contributed by atoms with Crippen LogP contribution in [0.2, 0.25) is 0 Å². The van der Waals surface area contributed by atoms with Crippen LogP contribution in [0.3, 0.4) is 0 Å². The summed E-state index contributed by atoms with van der Waals surface area (Å²) >= 11 is 0. The fourth-order valence-corrected chi connectivity index (χ4v) is 9.62. The minimum Gasteiger partial charge on any atom is -0.461 e. The van der Waals surface area contributed by atoms with Gasteiger partial charge in [-0.15, -0.1) is 0 Å². The van der Waals surface area contributed by atoms with Crippen LogP contribution in [0.15, 0.2) is 193 Å². The SMILES string of the molecule is Cc1ccc2c(c1)OC1=C(C=CC(C)C1)C2(c1ccccc1)c1ccc(N(c2ccc(-c3ccccc3)cc2)c2ccc3c(c2)-c2ccccc2C3(C)C)cc1. The Morgan fingerprint density at radius 1 is 0.554 bits per heavy atom. The summed E-state index contributed by atoms with van der Waals surface area (Å²) in [5, 5.41) is 0. The van der Waals surface area contributed by atoms with Gasteiger partial charge in [0.15, 0.2) is 0 Å². The van der Waals surface area contributed by atoms with E-state index >= 15 is 0 Å². The molecule has 1 aliphatic heterocycles. The van der Waals surface area contributed by atoms with Gasteiger partial charge in [-0.2, -0.15) is 0 Å². The number of hydrogen-bond acceptors (Lipinski definition) is 2. The Balaban J connectivity index is 1.16. The van der Waals surface area contributed by atoms with Crippen LogP contribution in [0.5, 0.6) is 5.75 Å². The predicted octanol–water partition coefficient (Wildman–Crippen LogP) is 14.0. The van der Waals surface area contributed by atoms with Gasteiger partial charge in [0.05, 0.1) is 5.41 Å². The Morgan fingerprint density at radius 2 is 1.14 bits per heavy atom. The van der Waals surface area contributed by atoms with Crippen molar-refractivity contribution in [2.24, 2.45) is 5.92 Å². The van der Waals surface area contributed by atoms with E-state index in [-0.39, 0.29) is 5.41 Å². The smallest absolute Gasteiger partial charge is 0.131 e. The number of ether oxygens (including phenoxy) is 1. The van der Waals surface area contributed by atoms with Crippen LogP contribution < -0.4 is 9.64 Å². The summed E-state index contributed by atoms with van der Waals surface area (Å²) in [6.45, 7) is 9.11. The Labute approximate surface area is 331 Å². The molecule has 1 heterocycles. The zero-order valence-corrected chi connectivity index (χ0v) is 32.5. The van der Waals surface area contributed by atoms with Crippen molar-refractivity contribution in [1.29, 1.82) is 0 Å². The maximum absolute atomic E-state index is 6.80. The fraction of sp³-hybridized carbons (Fsp3) is 0.148. The molecular formula is C54H45NO. The molecule has 0 N–H and O–H groups in total. The third kappa shape index (κ3) is 5.31. The van der Waals surface area contributed by atoms with Gasteiger partial charge < -0.3 is 9.64 Å². The van der Waals surface area contributed by atoms with Gasteiger partial charge in [-0.25, -0.2) is 0 Å². The molecule has 0 spiro atoms. The first kappa shape index (κ1) is 34.1. The molecule has 2 aliphatic carbocycles. The van der Waals surface area contributed by atoms with E-state index in [0.717, 1.165) is 35.0 Å². The molecule has 0 aromatic heterocycles. The van der Waals surface area contributed by atoms with Crippen molar-refractivity contribution in [2.45, 2.75) is 44.9 Å². The molecule has 0 radical (unpaired) electrons. The van der Waals surface area contributed by atoms with Gasteiger partial charge in [-0.05, 0) is 105 Å². The van der Waals surface area contributed by atoms with Crippen LogP contribution in [-0.2, 0) is 10.8 Å². The molecule has 7 aromatic carbocycles. The Kier molecular flexibility index (Phi) is 8.01. The molecule has 0 fully saturated rings. The molecule has 10 rings (SSSR count). The normalized spacial score (nSPS) is 18.7. The van der Waals surface area contributed by atoms with Gasteiger partial charge in [0.1, 0.15) is 11.5 Å². The first-order valence-corrected chi connectivity index (χ1v) is 19.9. The zero-order chi connectivity index (χ0) is 38.0. The summed E-state index contributed by atoms with van der Waals surface area (Å²) in [5.41, 5.74) is 16.6. The standard InChI is InChI=1S/C54H45NO/c1-36-19-30-49-51(33-36)56-52-34-37(2)20-31-50(52)54(49,40-15-9-6-10-16-40)41-23-27-43(28-24-41)55(42-25-21-39(22-26-42)38-13-7-5-8-14-38)44-29-32-48-46(35-44)45-17-11-12-18-47(45)53(48,3)4/h5-33,35,37H,34H2,1-4H3. The third-order valence-corrected chi connectivity index (χ3v) is 12.4. The Hall–Kier alpha value is -6.38. The summed E-state index contributed by atoms with van der Waals surface area (Å²) in [4.78, 5) is 2.41. The monoisotopic (exact) mass is 723 g/mol. The molecule has 2 atom stereocenters. The molecular weight excluding hydrogens is 679 g/mol. The zero-order valence-electron chi connectivity index (χ0n) is 32.5. The Morgan fingerprint density at radius 3 is 1.89 bits per heavy atom. The summed E-state index contributed by atoms with van der Waals surface area (Å²) in [7, 11) is 0. The van der Waals surface area contributed by atoms with E-state index in [2.05, 4.69) is 215 Å². The molecule has 0 saturated carbocycles. The van der Waals surface area contributed by atoms with Gasteiger partial charge in [-0.3, -0.25) is 0 Å². The van der Waals surface area contributed by atoms with Crippen LogP contribution in [0.4, 0.5) is 17.1 Å². The molecule has 0 bridgehead atoms. The van der Waals surface area contributed by atoms with Crippen molar-refractivity contribution >= 4 is 17.1 Å². The average Bonchev–Trinajstić information content (AvgIpc) is 3.46. The van der Waals surface area contributed by atoms with Crippen LogP contribution in [-0.4, -0.2) is 0 Å². The second-order valence-electron chi connectivity index (χ2n) is 16.3. The van der Waals surface area contributed by atoms with Gasteiger partial charge in [0, 0.05) is 40.0 Å². The van der Waals surface area contributed by atoms with Crippen molar-refractivity contribution < 1.29 is 4.74 Å². The summed E-state index contributed by atoms with van der Waals surface area (Å²) in [6.07, 6.45) is 5.55. The maximum atomic E-state index is 6.80. The van der Waals surface area contributed by atoms with Gasteiger partial charge in [0.2, 0.25) is 0 Å². The molecule has 2 unspecified atom stereocenters. The number of allylic oxidation sites excluding steroid dienone is 4. The first-order valence-electron chi connectivity index (χ1n) is 19.9. The minimum absolute atomic E-state index is 0.0581. The predicted molar refractivity (Wildman–Crippen MR) is 232 cm³/mol. The second-order valence-corrected chi connectivity index (χ2v) is 16.3. The average molecular weight is 724 g/mol. The highest BCUT2D eigenvalue weighted by Gasteiger charge is 2.47. The molecule has 2 nitrogen and oxygen atoms in total. The van der Waals surface area contributed by atoms with E-state index in [1.54, 1.807) is 0 Å². The molecule has 2 heteroatoms. The quantitative estimate of drug-likeness (QED) is 0.169. The van der Waals surface area contributed by atoms with Gasteiger partial charge >= 0.3 is 0 Å². The molecule has 272 valence electrons. The van der Waals surface area contributed by atoms with E-state index in [9.17, 15) is 0 Å². The van der Waals surface area contributed by atoms with E-state index < -0.39 is 5.41 Å². The van der Waals surface area contributed by atoms with Crippen molar-refractivity contribution in [3.05, 3.63) is 227 Å². The van der Waals surface area contributed by atoms with Crippen molar-refractivity contribution in [1.82, 2.24) is 0 Å². The molecule has 0 saturated heterocycles. The van der Waals surface area contributed by atoms with E-state index in [4.69, 9.17) is 4.74 Å². The van der Waals surface area contributed by atoms with E-state index in [1.807, 2.05) is 0 Å². The summed E-state index contributed by atoms with van der Waals surface area (Å²) < 4.78 is 6.80. The summed E-state index contributed by atoms with van der Waals surface area (Å²) in [5.74, 6) is 2.41. The van der Waals surface area contributed by atoms with Crippen molar-refractivity contribution in [3.63, 3.8) is 0 Å². The number of rotatable bonds is 6. The molecule has 56 heavy (non-hydrogen) atoms. The number of aryl methyl sites for hydroxylation is 1. The minimum atomic E-state index is -0.544. The van der Waals surface area contributed by atoms with Gasteiger partial charge in [0.25, 0.3) is 0 Å². The Bertz CT molecular complexity index is 2670. The third-order valence-electron chi connectivity index (χ3n) is 12.4. The lowest BCUT2D eigenvalue weighted by Crippen LogP contribution is -2.37. The molecule has 0 amide bonds. The lowest BCUT2D eigenvalue weighted by molar-refractivity contribution is 0.347. The van der Waals surface area contributed by atoms with Crippen LogP contribution in [0.1, 0.15) is 60.6 Å². The number of nitrogens with zero attached hydrogens (tertiary/aromatic N) is 1. The molecule has 3 aliphatic rings. The maximum Gasteiger partial charge on any atom is 0.131 e. The highest BCUT2D eigenvalue weighted by Crippen LogP contribution is 2.56. The van der Waals surface area contributed by atoms with E-state index in [0.29, 0.717) is 5.92 Å². The number of hydrogen-bond donors (Lipinski definition) is 0.